The Morgan fingerprint density at radius 1 is 1.13 bits per heavy atom. The van der Waals surface area contributed by atoms with Crippen molar-refractivity contribution in [2.45, 2.75) is 43.7 Å². The third kappa shape index (κ3) is 4.88. The predicted molar refractivity (Wildman–Crippen MR) is 121 cm³/mol. The van der Waals surface area contributed by atoms with Crippen molar-refractivity contribution in [3.05, 3.63) is 64.8 Å². The van der Waals surface area contributed by atoms with Crippen molar-refractivity contribution in [1.29, 1.82) is 0 Å². The summed E-state index contributed by atoms with van der Waals surface area (Å²) in [7, 11) is 0. The molecule has 0 aliphatic heterocycles. The van der Waals surface area contributed by atoms with Gasteiger partial charge in [-0.3, -0.25) is 4.79 Å². The fraction of sp³-hybridized carbons (Fsp3) is 0.273. The molecule has 1 N–H and O–H groups in total. The first kappa shape index (κ1) is 20.6. The van der Waals surface area contributed by atoms with Crippen LogP contribution in [0.3, 0.4) is 0 Å². The Bertz CT molecular complexity index is 1140. The number of thiazole rings is 1. The number of carbonyl (C=O) groups excluding carboxylic acids is 1. The van der Waals surface area contributed by atoms with Gasteiger partial charge in [0, 0.05) is 18.5 Å². The molecule has 0 radical (unpaired) electrons. The molecule has 2 heterocycles. The summed E-state index contributed by atoms with van der Waals surface area (Å²) in [5.41, 5.74) is 5.19. The van der Waals surface area contributed by atoms with E-state index in [1.54, 1.807) is 23.1 Å². The van der Waals surface area contributed by atoms with Crippen LogP contribution < -0.4 is 5.32 Å². The number of hydrogen-bond acceptors (Lipinski definition) is 7. The number of thioether (sulfide) groups is 1. The van der Waals surface area contributed by atoms with E-state index in [9.17, 15) is 4.79 Å². The molecule has 4 rings (SSSR count). The van der Waals surface area contributed by atoms with E-state index in [1.165, 1.54) is 10.3 Å². The number of nitrogens with one attached hydrogen (secondary N) is 1. The predicted octanol–water partition coefficient (Wildman–Crippen LogP) is 5.47. The molecule has 1 amide bonds. The number of aryl methyl sites for hydroxylation is 4. The summed E-state index contributed by atoms with van der Waals surface area (Å²) in [4.78, 5) is 21.4. The molecule has 0 bridgehead atoms. The molecule has 0 aliphatic rings. The first-order valence-electron chi connectivity index (χ1n) is 9.65. The number of benzene rings is 2. The highest BCUT2D eigenvalue weighted by Crippen LogP contribution is 2.30. The molecule has 0 atom stereocenters. The van der Waals surface area contributed by atoms with Crippen LogP contribution in [0.4, 0.5) is 5.69 Å². The Morgan fingerprint density at radius 3 is 2.67 bits per heavy atom. The average molecular weight is 439 g/mol. The van der Waals surface area contributed by atoms with Crippen molar-refractivity contribution in [2.24, 2.45) is 0 Å². The fourth-order valence-electron chi connectivity index (χ4n) is 3.29. The van der Waals surface area contributed by atoms with Crippen molar-refractivity contribution in [1.82, 2.24) is 15.1 Å². The van der Waals surface area contributed by atoms with Gasteiger partial charge in [0.2, 0.25) is 11.8 Å². The van der Waals surface area contributed by atoms with E-state index in [0.29, 0.717) is 30.3 Å². The summed E-state index contributed by atoms with van der Waals surface area (Å²) in [6.45, 7) is 6.06. The Balaban J connectivity index is 1.29. The number of para-hydroxylation sites is 1. The second-order valence-electron chi connectivity index (χ2n) is 7.16. The van der Waals surface area contributed by atoms with Crippen LogP contribution in [0.15, 0.2) is 45.3 Å². The molecule has 154 valence electrons. The van der Waals surface area contributed by atoms with Crippen LogP contribution in [-0.2, 0) is 17.0 Å². The van der Waals surface area contributed by atoms with Crippen molar-refractivity contribution < 1.29 is 9.32 Å². The number of hydrogen-bond donors (Lipinski definition) is 1. The van der Waals surface area contributed by atoms with Crippen LogP contribution in [0.5, 0.6) is 0 Å². The lowest BCUT2D eigenvalue weighted by Crippen LogP contribution is -2.14. The molecule has 0 saturated heterocycles. The summed E-state index contributed by atoms with van der Waals surface area (Å²) >= 11 is 3.24. The fourth-order valence-corrected chi connectivity index (χ4v) is 5.20. The lowest BCUT2D eigenvalue weighted by molar-refractivity contribution is -0.116. The number of rotatable bonds is 7. The Morgan fingerprint density at radius 2 is 1.90 bits per heavy atom. The van der Waals surface area contributed by atoms with Crippen LogP contribution in [-0.4, -0.2) is 21.0 Å². The quantitative estimate of drug-likeness (QED) is 0.386. The summed E-state index contributed by atoms with van der Waals surface area (Å²) in [5, 5.41) is 7.03. The van der Waals surface area contributed by atoms with Gasteiger partial charge >= 0.3 is 0 Å². The highest BCUT2D eigenvalue weighted by Gasteiger charge is 2.13. The van der Waals surface area contributed by atoms with Crippen molar-refractivity contribution in [3.8, 4) is 0 Å². The minimum absolute atomic E-state index is 0.0614. The van der Waals surface area contributed by atoms with Crippen LogP contribution in [0, 0.1) is 20.8 Å². The van der Waals surface area contributed by atoms with Crippen molar-refractivity contribution in [2.75, 3.05) is 5.32 Å². The number of amides is 1. The number of anilines is 1. The van der Waals surface area contributed by atoms with E-state index >= 15 is 0 Å². The zero-order valence-corrected chi connectivity index (χ0v) is 18.7. The van der Waals surface area contributed by atoms with E-state index in [1.807, 2.05) is 39.0 Å². The molecule has 0 aliphatic carbocycles. The second kappa shape index (κ2) is 8.97. The molecule has 0 unspecified atom stereocenters. The lowest BCUT2D eigenvalue weighted by Gasteiger charge is -2.12. The molecule has 0 fully saturated rings. The molecule has 0 saturated carbocycles. The molecule has 4 aromatic rings. The first-order chi connectivity index (χ1) is 14.5. The third-order valence-electron chi connectivity index (χ3n) is 4.62. The van der Waals surface area contributed by atoms with E-state index in [4.69, 9.17) is 4.52 Å². The Labute approximate surface area is 183 Å². The highest BCUT2D eigenvalue weighted by molar-refractivity contribution is 8.00. The molecule has 8 heteroatoms. The summed E-state index contributed by atoms with van der Waals surface area (Å²) in [6, 6.07) is 12.2. The Kier molecular flexibility index (Phi) is 6.15. The zero-order chi connectivity index (χ0) is 21.1. The number of fused-ring (bicyclic) bond motifs is 1. The van der Waals surface area contributed by atoms with Gasteiger partial charge in [-0.05, 0) is 44.0 Å². The van der Waals surface area contributed by atoms with Crippen LogP contribution in [0.2, 0.25) is 0 Å². The van der Waals surface area contributed by atoms with Crippen LogP contribution in [0.1, 0.15) is 34.8 Å². The normalized spacial score (nSPS) is 11.2. The largest absolute Gasteiger partial charge is 0.339 e. The average Bonchev–Trinajstić information content (AvgIpc) is 3.33. The zero-order valence-electron chi connectivity index (χ0n) is 17.1. The van der Waals surface area contributed by atoms with E-state index in [-0.39, 0.29) is 5.91 Å². The molecule has 2 aromatic carbocycles. The molecule has 30 heavy (non-hydrogen) atoms. The van der Waals surface area contributed by atoms with Gasteiger partial charge in [-0.1, -0.05) is 46.7 Å². The number of nitrogens with zero attached hydrogens (tertiary/aromatic N) is 3. The van der Waals surface area contributed by atoms with Gasteiger partial charge in [-0.2, -0.15) is 4.98 Å². The lowest BCUT2D eigenvalue weighted by atomic mass is 10.0. The summed E-state index contributed by atoms with van der Waals surface area (Å²) in [5.74, 6) is 1.60. The summed E-state index contributed by atoms with van der Waals surface area (Å²) < 4.78 is 7.45. The van der Waals surface area contributed by atoms with Crippen LogP contribution >= 0.6 is 23.1 Å². The van der Waals surface area contributed by atoms with E-state index < -0.39 is 0 Å². The van der Waals surface area contributed by atoms with Gasteiger partial charge in [0.15, 0.2) is 10.2 Å². The molecular formula is C22H22N4O2S2. The topological polar surface area (TPSA) is 80.9 Å². The minimum atomic E-state index is -0.0614. The highest BCUT2D eigenvalue weighted by atomic mass is 32.2. The standard InChI is InChI=1S/C22H22N4O2S2/c1-13-10-14(2)21(15(3)11-13)25-19(27)8-9-20-24-18(26-28-20)12-29-22-23-16-6-4-5-7-17(16)30-22/h4-7,10-11H,8-9,12H2,1-3H3,(H,25,27). The Hall–Kier alpha value is -2.71. The number of aromatic nitrogens is 3. The maximum atomic E-state index is 12.4. The maximum Gasteiger partial charge on any atom is 0.227 e. The summed E-state index contributed by atoms with van der Waals surface area (Å²) in [6.07, 6.45) is 0.702. The van der Waals surface area contributed by atoms with Gasteiger partial charge in [0.1, 0.15) is 0 Å². The smallest absolute Gasteiger partial charge is 0.227 e. The van der Waals surface area contributed by atoms with E-state index in [2.05, 4.69) is 38.6 Å². The van der Waals surface area contributed by atoms with Crippen molar-refractivity contribution >= 4 is 44.9 Å². The van der Waals surface area contributed by atoms with Crippen LogP contribution in [0.25, 0.3) is 10.2 Å². The molecule has 6 nitrogen and oxygen atoms in total. The first-order valence-corrected chi connectivity index (χ1v) is 11.5. The van der Waals surface area contributed by atoms with E-state index in [0.717, 1.165) is 26.7 Å². The monoisotopic (exact) mass is 438 g/mol. The van der Waals surface area contributed by atoms with Gasteiger partial charge < -0.3 is 9.84 Å². The maximum absolute atomic E-state index is 12.4. The third-order valence-corrected chi connectivity index (χ3v) is 6.79. The SMILES string of the molecule is Cc1cc(C)c(NC(=O)CCc2nc(CSc3nc4ccccc4s3)no2)c(C)c1. The number of carbonyl (C=O) groups is 1. The second-order valence-corrected chi connectivity index (χ2v) is 9.42. The van der Waals surface area contributed by atoms with Gasteiger partial charge in [-0.25, -0.2) is 4.98 Å². The van der Waals surface area contributed by atoms with Gasteiger partial charge in [0.25, 0.3) is 0 Å². The van der Waals surface area contributed by atoms with Crippen molar-refractivity contribution in [3.63, 3.8) is 0 Å². The van der Waals surface area contributed by atoms with Gasteiger partial charge in [0.05, 0.1) is 16.0 Å². The molecule has 2 aromatic heterocycles. The molecule has 0 spiro atoms. The molecular weight excluding hydrogens is 416 g/mol. The minimum Gasteiger partial charge on any atom is -0.339 e. The van der Waals surface area contributed by atoms with Gasteiger partial charge in [-0.15, -0.1) is 11.3 Å².